The van der Waals surface area contributed by atoms with Gasteiger partial charge in [0.2, 0.25) is 0 Å². The summed E-state index contributed by atoms with van der Waals surface area (Å²) in [6, 6.07) is 2.51. The summed E-state index contributed by atoms with van der Waals surface area (Å²) in [4.78, 5) is 9.55. The molecule has 0 amide bonds. The molecule has 0 aromatic rings. The zero-order chi connectivity index (χ0) is 37.6. The maximum Gasteiger partial charge on any atom is 0.500 e. The van der Waals surface area contributed by atoms with Gasteiger partial charge < -0.3 is 37.2 Å². The summed E-state index contributed by atoms with van der Waals surface area (Å²) < 4.78 is 33.9. The number of nitrogens with zero attached hydrogens (tertiary/aromatic N) is 2. The van der Waals surface area contributed by atoms with Crippen LogP contribution in [0.1, 0.15) is 128 Å². The van der Waals surface area contributed by atoms with Gasteiger partial charge in [0.15, 0.2) is 0 Å². The molecule has 0 rings (SSSR count). The van der Waals surface area contributed by atoms with Crippen LogP contribution in [0.3, 0.4) is 0 Å². The SMILES string of the molecule is CCO[Si](CCCNCCCC(CC(C)C)=NC(C)C)(OCC)OCC.CO[Si](CCCNCCCC(CC(C)C)=NC(C)C)(OC)OC. The third kappa shape index (κ3) is 28.7. The largest absolute Gasteiger partial charge is 0.500 e. The monoisotopic (exact) mass is 735 g/mol. The number of aliphatic imine (C=N–C) groups is 2. The first-order chi connectivity index (χ1) is 23.3. The van der Waals surface area contributed by atoms with Gasteiger partial charge in [-0.1, -0.05) is 27.7 Å². The molecule has 0 spiro atoms. The van der Waals surface area contributed by atoms with Gasteiger partial charge in [0, 0.05) is 76.7 Å². The molecule has 0 bridgehead atoms. The average molecular weight is 735 g/mol. The Kier molecular flexibility index (Phi) is 33.2. The van der Waals surface area contributed by atoms with E-state index in [1.165, 1.54) is 11.4 Å². The minimum absolute atomic E-state index is 0.394. The summed E-state index contributed by atoms with van der Waals surface area (Å²) in [7, 11) is 0.113. The molecule has 0 unspecified atom stereocenters. The first-order valence-electron chi connectivity index (χ1n) is 19.4. The van der Waals surface area contributed by atoms with Crippen molar-refractivity contribution >= 4 is 29.0 Å². The van der Waals surface area contributed by atoms with Crippen LogP contribution >= 0.6 is 0 Å². The molecule has 0 saturated carbocycles. The summed E-state index contributed by atoms with van der Waals surface area (Å²) in [5.41, 5.74) is 2.73. The second kappa shape index (κ2) is 32.1. The lowest BCUT2D eigenvalue weighted by molar-refractivity contribution is 0.0708. The Labute approximate surface area is 306 Å². The van der Waals surface area contributed by atoms with Crippen molar-refractivity contribution in [2.75, 3.05) is 67.3 Å². The highest BCUT2D eigenvalue weighted by molar-refractivity contribution is 6.61. The second-order valence-corrected chi connectivity index (χ2v) is 19.8. The minimum atomic E-state index is -2.48. The van der Waals surface area contributed by atoms with Crippen molar-refractivity contribution < 1.29 is 26.6 Å². The Hall–Kier alpha value is -0.546. The summed E-state index contributed by atoms with van der Waals surface area (Å²) >= 11 is 0. The molecule has 0 radical (unpaired) electrons. The summed E-state index contributed by atoms with van der Waals surface area (Å²) in [6.07, 6.45) is 8.72. The molecular weight excluding hydrogens is 653 g/mol. The number of rotatable bonds is 31. The second-order valence-electron chi connectivity index (χ2n) is 14.0. The summed E-state index contributed by atoms with van der Waals surface area (Å²) in [6.45, 7) is 29.6. The first-order valence-corrected chi connectivity index (χ1v) is 23.2. The number of nitrogens with one attached hydrogen (secondary N) is 2. The van der Waals surface area contributed by atoms with Crippen molar-refractivity contribution in [1.82, 2.24) is 10.6 Å². The van der Waals surface area contributed by atoms with Crippen LogP contribution in [0.25, 0.3) is 0 Å². The Morgan fingerprint density at radius 1 is 0.510 bits per heavy atom. The summed E-state index contributed by atoms with van der Waals surface area (Å²) in [5.74, 6) is 1.35. The molecular formula is C37H82N4O6Si2. The zero-order valence-corrected chi connectivity index (χ0v) is 36.7. The third-order valence-corrected chi connectivity index (χ3v) is 13.5. The van der Waals surface area contributed by atoms with Gasteiger partial charge in [0.1, 0.15) is 0 Å². The highest BCUT2D eigenvalue weighted by atomic mass is 28.4. The topological polar surface area (TPSA) is 104 Å². The molecule has 0 aliphatic heterocycles. The van der Waals surface area contributed by atoms with E-state index in [1.54, 1.807) is 21.3 Å². The van der Waals surface area contributed by atoms with Crippen LogP contribution in [0.4, 0.5) is 0 Å². The smallest absolute Gasteiger partial charge is 0.377 e. The molecule has 0 aromatic carbocycles. The molecule has 0 fully saturated rings. The van der Waals surface area contributed by atoms with Crippen LogP contribution in [0.15, 0.2) is 9.98 Å². The lowest BCUT2D eigenvalue weighted by Gasteiger charge is -2.28. The van der Waals surface area contributed by atoms with Crippen LogP contribution in [0.2, 0.25) is 12.1 Å². The van der Waals surface area contributed by atoms with Gasteiger partial charge in [-0.05, 0) is 138 Å². The van der Waals surface area contributed by atoms with E-state index in [-0.39, 0.29) is 0 Å². The Balaban J connectivity index is 0. The van der Waals surface area contributed by atoms with Gasteiger partial charge in [-0.15, -0.1) is 0 Å². The molecule has 49 heavy (non-hydrogen) atoms. The van der Waals surface area contributed by atoms with Crippen molar-refractivity contribution in [3.63, 3.8) is 0 Å². The molecule has 0 aliphatic rings. The normalized spacial score (nSPS) is 13.3. The quantitative estimate of drug-likeness (QED) is 0.0418. The van der Waals surface area contributed by atoms with E-state index in [2.05, 4.69) is 66.0 Å². The molecule has 0 heterocycles. The molecule has 0 atom stereocenters. The van der Waals surface area contributed by atoms with Gasteiger partial charge in [-0.3, -0.25) is 9.98 Å². The highest BCUT2D eigenvalue weighted by Gasteiger charge is 2.39. The van der Waals surface area contributed by atoms with Crippen molar-refractivity contribution in [2.45, 2.75) is 152 Å². The molecule has 0 aliphatic carbocycles. The maximum absolute atomic E-state index is 5.89. The van der Waals surface area contributed by atoms with Gasteiger partial charge in [-0.2, -0.15) is 0 Å². The van der Waals surface area contributed by atoms with Crippen LogP contribution in [0, 0.1) is 11.8 Å². The molecule has 2 N–H and O–H groups in total. The van der Waals surface area contributed by atoms with E-state index in [0.29, 0.717) is 43.7 Å². The van der Waals surface area contributed by atoms with Crippen molar-refractivity contribution in [2.24, 2.45) is 21.8 Å². The van der Waals surface area contributed by atoms with E-state index in [1.807, 2.05) is 20.8 Å². The Morgan fingerprint density at radius 3 is 1.12 bits per heavy atom. The Bertz CT molecular complexity index is 786. The van der Waals surface area contributed by atoms with Crippen LogP contribution in [-0.2, 0) is 26.6 Å². The highest BCUT2D eigenvalue weighted by Crippen LogP contribution is 2.18. The van der Waals surface area contributed by atoms with Gasteiger partial charge in [0.05, 0.1) is 0 Å². The molecule has 10 nitrogen and oxygen atoms in total. The average Bonchev–Trinajstić information content (AvgIpc) is 3.02. The van der Waals surface area contributed by atoms with Crippen LogP contribution < -0.4 is 10.6 Å². The summed E-state index contributed by atoms with van der Waals surface area (Å²) in [5, 5.41) is 7.04. The van der Waals surface area contributed by atoms with Gasteiger partial charge in [0.25, 0.3) is 0 Å². The third-order valence-electron chi connectivity index (χ3n) is 7.51. The van der Waals surface area contributed by atoms with Gasteiger partial charge in [-0.25, -0.2) is 0 Å². The van der Waals surface area contributed by atoms with Gasteiger partial charge >= 0.3 is 17.6 Å². The minimum Gasteiger partial charge on any atom is -0.377 e. The molecule has 0 saturated heterocycles. The van der Waals surface area contributed by atoms with Crippen molar-refractivity contribution in [3.8, 4) is 0 Å². The number of hydrogen-bond acceptors (Lipinski definition) is 10. The molecule has 0 aromatic heterocycles. The van der Waals surface area contributed by atoms with E-state index in [4.69, 9.17) is 36.5 Å². The van der Waals surface area contributed by atoms with Crippen molar-refractivity contribution in [3.05, 3.63) is 0 Å². The lowest BCUT2D eigenvalue weighted by Crippen LogP contribution is -2.46. The first kappa shape index (κ1) is 50.6. The molecule has 12 heteroatoms. The van der Waals surface area contributed by atoms with Crippen LogP contribution in [-0.4, -0.2) is 108 Å². The number of hydrogen-bond donors (Lipinski definition) is 2. The van der Waals surface area contributed by atoms with E-state index >= 15 is 0 Å². The fourth-order valence-electron chi connectivity index (χ4n) is 5.61. The van der Waals surface area contributed by atoms with E-state index in [0.717, 1.165) is 89.6 Å². The predicted molar refractivity (Wildman–Crippen MR) is 215 cm³/mol. The predicted octanol–water partition coefficient (Wildman–Crippen LogP) is 8.21. The lowest BCUT2D eigenvalue weighted by atomic mass is 10.0. The molecule has 294 valence electrons. The fraction of sp³-hybridized carbons (Fsp3) is 0.946. The fourth-order valence-corrected chi connectivity index (χ4v) is 9.95. The van der Waals surface area contributed by atoms with Crippen molar-refractivity contribution in [1.29, 1.82) is 0 Å². The maximum atomic E-state index is 5.89. The Morgan fingerprint density at radius 2 is 0.837 bits per heavy atom. The standard InChI is InChI=1S/C20H44N2O3Si.C17H38N2O3Si/c1-8-23-26(24-9-2,25-10-3)16-12-15-21-14-11-13-20(17-18(4)5)22-19(6)7;1-15(2)14-17(19-16(3)4)10-8-11-18-12-9-13-23(20-5,21-6)22-7/h18-19,21H,8-17H2,1-7H3;15-16,18H,8-14H2,1-7H3. The van der Waals surface area contributed by atoms with E-state index in [9.17, 15) is 0 Å². The van der Waals surface area contributed by atoms with E-state index < -0.39 is 17.6 Å². The zero-order valence-electron chi connectivity index (χ0n) is 34.7. The van der Waals surface area contributed by atoms with Crippen LogP contribution in [0.5, 0.6) is 0 Å².